The first-order valence-electron chi connectivity index (χ1n) is 12.2. The Hall–Kier alpha value is -4.29. The monoisotopic (exact) mass is 507 g/mol. The summed E-state index contributed by atoms with van der Waals surface area (Å²) in [7, 11) is 0. The molecule has 3 aromatic carbocycles. The van der Waals surface area contributed by atoms with E-state index in [0.717, 1.165) is 39.6 Å². The van der Waals surface area contributed by atoms with E-state index >= 15 is 0 Å². The van der Waals surface area contributed by atoms with Gasteiger partial charge in [0.15, 0.2) is 0 Å². The minimum atomic E-state index is -0.313. The van der Waals surface area contributed by atoms with Crippen LogP contribution in [0.5, 0.6) is 0 Å². The summed E-state index contributed by atoms with van der Waals surface area (Å²) in [4.78, 5) is 15.9. The SMILES string of the molecule is Cc1nn(-c2ccccc2)c2c1CN(C(=O)Nc1cccc(Cl)c1C)[C@H](c1ccccc1)c1cccn1-2. The number of fused-ring (bicyclic) bond motifs is 3. The van der Waals surface area contributed by atoms with E-state index in [2.05, 4.69) is 28.1 Å². The summed E-state index contributed by atoms with van der Waals surface area (Å²) < 4.78 is 4.14. The van der Waals surface area contributed by atoms with Crippen molar-refractivity contribution >= 4 is 23.3 Å². The van der Waals surface area contributed by atoms with E-state index in [1.807, 2.05) is 102 Å². The average molecular weight is 508 g/mol. The lowest BCUT2D eigenvalue weighted by atomic mass is 10.0. The Balaban J connectivity index is 1.53. The summed E-state index contributed by atoms with van der Waals surface area (Å²) in [6.07, 6.45) is 2.05. The Labute approximate surface area is 220 Å². The Morgan fingerprint density at radius 2 is 1.65 bits per heavy atom. The summed E-state index contributed by atoms with van der Waals surface area (Å²) in [5, 5.41) is 8.65. The van der Waals surface area contributed by atoms with Gasteiger partial charge in [-0.1, -0.05) is 66.2 Å². The highest BCUT2D eigenvalue weighted by Gasteiger charge is 2.36. The quantitative estimate of drug-likeness (QED) is 0.284. The predicted molar refractivity (Wildman–Crippen MR) is 147 cm³/mol. The second-order valence-corrected chi connectivity index (χ2v) is 9.63. The smallest absolute Gasteiger partial charge is 0.307 e. The number of amides is 2. The van der Waals surface area contributed by atoms with Gasteiger partial charge in [-0.05, 0) is 61.4 Å². The molecule has 37 heavy (non-hydrogen) atoms. The van der Waals surface area contributed by atoms with Crippen LogP contribution in [0.1, 0.15) is 34.1 Å². The number of benzene rings is 3. The second-order valence-electron chi connectivity index (χ2n) is 9.22. The number of aromatic nitrogens is 3. The van der Waals surface area contributed by atoms with Gasteiger partial charge in [0.1, 0.15) is 5.82 Å². The van der Waals surface area contributed by atoms with Crippen LogP contribution in [0.3, 0.4) is 0 Å². The molecule has 0 bridgehead atoms. The van der Waals surface area contributed by atoms with Gasteiger partial charge >= 0.3 is 6.03 Å². The van der Waals surface area contributed by atoms with Gasteiger partial charge in [0.05, 0.1) is 29.7 Å². The number of nitrogens with one attached hydrogen (secondary N) is 1. The summed E-state index contributed by atoms with van der Waals surface area (Å²) in [5.74, 6) is 0.943. The number of anilines is 1. The van der Waals surface area contributed by atoms with Crippen LogP contribution in [0, 0.1) is 13.8 Å². The molecule has 3 heterocycles. The molecule has 1 aliphatic heterocycles. The number of carbonyl (C=O) groups is 1. The second kappa shape index (κ2) is 9.30. The van der Waals surface area contributed by atoms with Crippen molar-refractivity contribution in [3.8, 4) is 11.5 Å². The lowest BCUT2D eigenvalue weighted by Crippen LogP contribution is -2.38. The van der Waals surface area contributed by atoms with E-state index in [1.165, 1.54) is 0 Å². The number of urea groups is 1. The Morgan fingerprint density at radius 3 is 2.41 bits per heavy atom. The molecule has 5 aromatic rings. The lowest BCUT2D eigenvalue weighted by molar-refractivity contribution is 0.194. The average Bonchev–Trinajstić information content (AvgIpc) is 3.48. The van der Waals surface area contributed by atoms with E-state index in [4.69, 9.17) is 16.7 Å². The number of hydrogen-bond acceptors (Lipinski definition) is 2. The van der Waals surface area contributed by atoms with Crippen LogP contribution in [0.2, 0.25) is 5.02 Å². The number of para-hydroxylation sites is 1. The van der Waals surface area contributed by atoms with Crippen LogP contribution in [0.25, 0.3) is 11.5 Å². The number of halogens is 1. The molecule has 0 spiro atoms. The van der Waals surface area contributed by atoms with Crippen molar-refractivity contribution in [1.29, 1.82) is 0 Å². The highest BCUT2D eigenvalue weighted by molar-refractivity contribution is 6.31. The molecular weight excluding hydrogens is 482 g/mol. The Morgan fingerprint density at radius 1 is 0.919 bits per heavy atom. The van der Waals surface area contributed by atoms with E-state index in [-0.39, 0.29) is 12.1 Å². The largest absolute Gasteiger partial charge is 0.322 e. The summed E-state index contributed by atoms with van der Waals surface area (Å²) in [6, 6.07) is 29.4. The summed E-state index contributed by atoms with van der Waals surface area (Å²) >= 11 is 6.36. The number of hydrogen-bond donors (Lipinski definition) is 1. The third-order valence-electron chi connectivity index (χ3n) is 6.97. The standard InChI is InChI=1S/C30H26ClN5O/c1-20-25(31)15-9-16-26(20)32-30(37)35-19-24-21(2)33-36(23-13-7-4-8-14-23)29(24)34-18-10-17-27(34)28(35)22-11-5-3-6-12-22/h3-18,28H,19H2,1-2H3,(H,32,37)/t28-/m1/s1. The molecule has 0 unspecified atom stereocenters. The van der Waals surface area contributed by atoms with Gasteiger partial charge in [-0.15, -0.1) is 0 Å². The molecule has 184 valence electrons. The van der Waals surface area contributed by atoms with E-state index < -0.39 is 0 Å². The fourth-order valence-electron chi connectivity index (χ4n) is 5.07. The summed E-state index contributed by atoms with van der Waals surface area (Å²) in [6.45, 7) is 4.30. The van der Waals surface area contributed by atoms with Crippen molar-refractivity contribution in [2.24, 2.45) is 0 Å². The maximum absolute atomic E-state index is 14.0. The first-order chi connectivity index (χ1) is 18.0. The molecule has 7 heteroatoms. The molecule has 1 atom stereocenters. The van der Waals surface area contributed by atoms with Crippen LogP contribution in [-0.2, 0) is 6.54 Å². The number of carbonyl (C=O) groups excluding carboxylic acids is 1. The van der Waals surface area contributed by atoms with Gasteiger partial charge in [0.2, 0.25) is 0 Å². The normalized spacial score (nSPS) is 14.6. The van der Waals surface area contributed by atoms with Crippen LogP contribution in [0.4, 0.5) is 10.5 Å². The fourth-order valence-corrected chi connectivity index (χ4v) is 5.24. The van der Waals surface area contributed by atoms with Crippen molar-refractivity contribution in [2.75, 3.05) is 5.32 Å². The van der Waals surface area contributed by atoms with Crippen LogP contribution in [0.15, 0.2) is 97.2 Å². The third-order valence-corrected chi connectivity index (χ3v) is 7.38. The molecule has 1 aliphatic rings. The minimum absolute atomic E-state index is 0.202. The van der Waals surface area contributed by atoms with Crippen LogP contribution in [-0.4, -0.2) is 25.3 Å². The number of rotatable bonds is 3. The molecule has 2 aromatic heterocycles. The first kappa shape index (κ1) is 23.1. The maximum atomic E-state index is 14.0. The molecule has 0 saturated carbocycles. The zero-order valence-electron chi connectivity index (χ0n) is 20.6. The zero-order valence-corrected chi connectivity index (χ0v) is 21.4. The van der Waals surface area contributed by atoms with E-state index in [0.29, 0.717) is 17.3 Å². The number of nitrogens with zero attached hydrogens (tertiary/aromatic N) is 4. The molecule has 6 nitrogen and oxygen atoms in total. The minimum Gasteiger partial charge on any atom is -0.307 e. The molecule has 6 rings (SSSR count). The topological polar surface area (TPSA) is 55.1 Å². The van der Waals surface area contributed by atoms with Gasteiger partial charge in [0, 0.05) is 22.5 Å². The van der Waals surface area contributed by atoms with E-state index in [9.17, 15) is 4.79 Å². The Kier molecular flexibility index (Phi) is 5.81. The fraction of sp³-hybridized carbons (Fsp3) is 0.133. The van der Waals surface area contributed by atoms with Gasteiger partial charge in [0.25, 0.3) is 0 Å². The maximum Gasteiger partial charge on any atom is 0.322 e. The predicted octanol–water partition coefficient (Wildman–Crippen LogP) is 7.07. The van der Waals surface area contributed by atoms with Gasteiger partial charge in [-0.2, -0.15) is 5.10 Å². The van der Waals surface area contributed by atoms with Gasteiger partial charge in [-0.25, -0.2) is 9.48 Å². The Bertz CT molecular complexity index is 1590. The van der Waals surface area contributed by atoms with Crippen molar-refractivity contribution in [3.05, 3.63) is 130 Å². The first-order valence-corrected chi connectivity index (χ1v) is 12.6. The molecule has 0 aliphatic carbocycles. The van der Waals surface area contributed by atoms with Crippen molar-refractivity contribution in [3.63, 3.8) is 0 Å². The van der Waals surface area contributed by atoms with Gasteiger partial charge in [-0.3, -0.25) is 0 Å². The number of aryl methyl sites for hydroxylation is 1. The molecule has 0 radical (unpaired) electrons. The molecule has 0 fully saturated rings. The van der Waals surface area contributed by atoms with Crippen molar-refractivity contribution in [2.45, 2.75) is 26.4 Å². The molecule has 2 amide bonds. The highest BCUT2D eigenvalue weighted by atomic mass is 35.5. The van der Waals surface area contributed by atoms with Crippen molar-refractivity contribution < 1.29 is 4.79 Å². The molecule has 1 N–H and O–H groups in total. The van der Waals surface area contributed by atoms with Gasteiger partial charge < -0.3 is 14.8 Å². The van der Waals surface area contributed by atoms with Crippen LogP contribution < -0.4 is 5.32 Å². The van der Waals surface area contributed by atoms with E-state index in [1.54, 1.807) is 0 Å². The highest BCUT2D eigenvalue weighted by Crippen LogP contribution is 2.39. The molecular formula is C30H26ClN5O. The lowest BCUT2D eigenvalue weighted by Gasteiger charge is -2.31. The van der Waals surface area contributed by atoms with Crippen molar-refractivity contribution in [1.82, 2.24) is 19.2 Å². The summed E-state index contributed by atoms with van der Waals surface area (Å²) in [5.41, 5.74) is 6.39. The van der Waals surface area contributed by atoms with Crippen LogP contribution >= 0.6 is 11.6 Å². The third kappa shape index (κ3) is 3.99. The molecule has 0 saturated heterocycles. The zero-order chi connectivity index (χ0) is 25.5.